The molecular formula is C44H32. The summed E-state index contributed by atoms with van der Waals surface area (Å²) in [6, 6.07) is 45.2. The Kier molecular flexibility index (Phi) is 6.89. The quantitative estimate of drug-likeness (QED) is 0.190. The zero-order valence-corrected chi connectivity index (χ0v) is 24.7. The van der Waals surface area contributed by atoms with Crippen LogP contribution in [0.5, 0.6) is 0 Å². The zero-order chi connectivity index (χ0) is 30.2. The van der Waals surface area contributed by atoms with Gasteiger partial charge < -0.3 is 0 Å². The van der Waals surface area contributed by atoms with Crippen LogP contribution in [0.1, 0.15) is 16.7 Å². The molecule has 0 amide bonds. The van der Waals surface area contributed by atoms with Crippen LogP contribution in [0.3, 0.4) is 0 Å². The van der Waals surface area contributed by atoms with Gasteiger partial charge in [0, 0.05) is 0 Å². The molecule has 7 aromatic rings. The summed E-state index contributed by atoms with van der Waals surface area (Å²) in [6.45, 7) is 17.5. The van der Waals surface area contributed by atoms with Gasteiger partial charge in [0.15, 0.2) is 0 Å². The molecule has 44 heavy (non-hydrogen) atoms. The first-order chi connectivity index (χ1) is 21.6. The van der Waals surface area contributed by atoms with Crippen molar-refractivity contribution in [1.29, 1.82) is 0 Å². The van der Waals surface area contributed by atoms with Gasteiger partial charge in [0.1, 0.15) is 0 Å². The highest BCUT2D eigenvalue weighted by molar-refractivity contribution is 6.15. The maximum Gasteiger partial charge on any atom is -0.00204 e. The van der Waals surface area contributed by atoms with Crippen molar-refractivity contribution in [2.75, 3.05) is 0 Å². The van der Waals surface area contributed by atoms with Crippen molar-refractivity contribution in [3.63, 3.8) is 0 Å². The molecule has 0 nitrogen and oxygen atoms in total. The van der Waals surface area contributed by atoms with Crippen molar-refractivity contribution in [3.8, 4) is 22.3 Å². The van der Waals surface area contributed by atoms with Crippen LogP contribution in [0.4, 0.5) is 0 Å². The maximum absolute atomic E-state index is 4.63. The molecule has 0 heterocycles. The molecule has 0 aliphatic rings. The van der Waals surface area contributed by atoms with E-state index in [1.54, 1.807) is 0 Å². The summed E-state index contributed by atoms with van der Waals surface area (Å²) in [5.74, 6) is 0. The fourth-order valence-corrected chi connectivity index (χ4v) is 6.52. The molecule has 0 N–H and O–H groups in total. The summed E-state index contributed by atoms with van der Waals surface area (Å²) in [4.78, 5) is 0. The van der Waals surface area contributed by atoms with Gasteiger partial charge in [-0.1, -0.05) is 154 Å². The Labute approximate surface area is 258 Å². The van der Waals surface area contributed by atoms with Gasteiger partial charge in [-0.25, -0.2) is 0 Å². The van der Waals surface area contributed by atoms with Gasteiger partial charge in [0.2, 0.25) is 0 Å². The molecule has 0 aliphatic heterocycles. The summed E-state index contributed by atoms with van der Waals surface area (Å²) >= 11 is 0. The van der Waals surface area contributed by atoms with E-state index in [1.165, 1.54) is 32.7 Å². The lowest BCUT2D eigenvalue weighted by molar-refractivity contribution is 1.52. The highest BCUT2D eigenvalue weighted by Crippen LogP contribution is 2.43. The minimum absolute atomic E-state index is 0.907. The minimum Gasteiger partial charge on any atom is -0.0984 e. The smallest absolute Gasteiger partial charge is 0.00204 e. The lowest BCUT2D eigenvalue weighted by atomic mass is 9.82. The average Bonchev–Trinajstić information content (AvgIpc) is 3.07. The first-order valence-corrected chi connectivity index (χ1v) is 14.9. The van der Waals surface area contributed by atoms with Crippen LogP contribution in [0.2, 0.25) is 0 Å². The summed E-state index contributed by atoms with van der Waals surface area (Å²) < 4.78 is 0. The van der Waals surface area contributed by atoms with Crippen LogP contribution in [-0.2, 0) is 0 Å². The predicted octanol–water partition coefficient (Wildman–Crippen LogP) is 10.7. The van der Waals surface area contributed by atoms with Gasteiger partial charge in [-0.2, -0.15) is 0 Å². The Morgan fingerprint density at radius 1 is 0.523 bits per heavy atom. The van der Waals surface area contributed by atoms with E-state index >= 15 is 0 Å². The van der Waals surface area contributed by atoms with Gasteiger partial charge >= 0.3 is 0 Å². The van der Waals surface area contributed by atoms with Crippen molar-refractivity contribution in [3.05, 3.63) is 174 Å². The van der Waals surface area contributed by atoms with Gasteiger partial charge in [-0.3, -0.25) is 0 Å². The van der Waals surface area contributed by atoms with E-state index in [4.69, 9.17) is 0 Å². The molecule has 7 rings (SSSR count). The highest BCUT2D eigenvalue weighted by atomic mass is 14.2. The molecule has 0 saturated heterocycles. The molecule has 0 unspecified atom stereocenters. The largest absolute Gasteiger partial charge is 0.0984 e. The number of hydrogen-bond acceptors (Lipinski definition) is 0. The van der Waals surface area contributed by atoms with Crippen molar-refractivity contribution in [2.45, 2.75) is 0 Å². The normalized spacial score (nSPS) is 11.7. The van der Waals surface area contributed by atoms with Crippen LogP contribution in [0, 0.1) is 0 Å². The summed E-state index contributed by atoms with van der Waals surface area (Å²) in [6.07, 6.45) is 6.07. The summed E-state index contributed by atoms with van der Waals surface area (Å²) in [5.41, 5.74) is 8.72. The fraction of sp³-hybridized carbons (Fsp3) is 0. The Morgan fingerprint density at radius 3 is 1.91 bits per heavy atom. The lowest BCUT2D eigenvalue weighted by Crippen LogP contribution is -2.22. The molecule has 208 valence electrons. The lowest BCUT2D eigenvalue weighted by Gasteiger charge is -2.21. The highest BCUT2D eigenvalue weighted by Gasteiger charge is 2.19. The van der Waals surface area contributed by atoms with Gasteiger partial charge in [-0.15, -0.1) is 0 Å². The van der Waals surface area contributed by atoms with Gasteiger partial charge in [0.25, 0.3) is 0 Å². The summed E-state index contributed by atoms with van der Waals surface area (Å²) in [5, 5.41) is 9.17. The minimum atomic E-state index is 0.907. The van der Waals surface area contributed by atoms with E-state index < -0.39 is 0 Å². The first-order valence-electron chi connectivity index (χ1n) is 14.9. The maximum atomic E-state index is 4.63. The number of allylic oxidation sites excluding steroid dienone is 1. The first kappa shape index (κ1) is 27.1. The number of hydrogen-bond donors (Lipinski definition) is 0. The second kappa shape index (κ2) is 11.2. The molecule has 0 atom stereocenters. The van der Waals surface area contributed by atoms with Crippen molar-refractivity contribution in [2.24, 2.45) is 0 Å². The number of fused-ring (bicyclic) bond motifs is 3. The zero-order valence-electron chi connectivity index (χ0n) is 24.7. The van der Waals surface area contributed by atoms with Gasteiger partial charge in [0.05, 0.1) is 0 Å². The molecule has 0 aromatic heterocycles. The van der Waals surface area contributed by atoms with Crippen LogP contribution in [-0.4, -0.2) is 0 Å². The molecule has 0 bridgehead atoms. The molecule has 0 heteroatoms. The Balaban J connectivity index is 1.45. The Hall–Kier alpha value is -5.72. The van der Waals surface area contributed by atoms with E-state index in [9.17, 15) is 0 Å². The van der Waals surface area contributed by atoms with E-state index in [0.717, 1.165) is 54.6 Å². The Morgan fingerprint density at radius 2 is 1.14 bits per heavy atom. The Bertz CT molecular complexity index is 2400. The van der Waals surface area contributed by atoms with Crippen molar-refractivity contribution >= 4 is 62.7 Å². The van der Waals surface area contributed by atoms with E-state index in [-0.39, 0.29) is 0 Å². The third-order valence-corrected chi connectivity index (χ3v) is 8.64. The van der Waals surface area contributed by atoms with Crippen molar-refractivity contribution in [1.82, 2.24) is 0 Å². The third-order valence-electron chi connectivity index (χ3n) is 8.64. The van der Waals surface area contributed by atoms with Crippen LogP contribution < -0.4 is 10.4 Å². The number of rotatable bonds is 6. The monoisotopic (exact) mass is 560 g/mol. The third kappa shape index (κ3) is 4.58. The summed E-state index contributed by atoms with van der Waals surface area (Å²) in [7, 11) is 0. The molecule has 0 radical (unpaired) electrons. The molecule has 0 saturated carbocycles. The molecule has 0 fully saturated rings. The molecule has 7 aromatic carbocycles. The van der Waals surface area contributed by atoms with Crippen LogP contribution in [0.25, 0.3) is 85.0 Å². The van der Waals surface area contributed by atoms with E-state index in [1.807, 2.05) is 12.2 Å². The number of benzene rings is 7. The molecule has 0 spiro atoms. The fourth-order valence-electron chi connectivity index (χ4n) is 6.52. The van der Waals surface area contributed by atoms with Crippen LogP contribution >= 0.6 is 0 Å². The predicted molar refractivity (Wildman–Crippen MR) is 195 cm³/mol. The second-order valence-corrected chi connectivity index (χ2v) is 11.2. The topological polar surface area (TPSA) is 0 Å². The van der Waals surface area contributed by atoms with Crippen molar-refractivity contribution < 1.29 is 0 Å². The standard InChI is InChI=1S/C44H32/c1-5-37-38(6-2)44(40-21-13-17-32-15-9-10-18-39(32)40)42-20-12-11-19-41(42)43(37)30(4)26-36-28-34(23-22-29(36)3)35-25-24-31-14-7-8-16-33(31)27-35/h5-28H,1-4H2/b36-26-. The van der Waals surface area contributed by atoms with E-state index in [0.29, 0.717) is 0 Å². The van der Waals surface area contributed by atoms with Crippen LogP contribution in [0.15, 0.2) is 147 Å². The SMILES string of the molecule is C=Cc1c(C=C)c(-c2cccc3ccccc23)c2ccccc2c1C(=C)/C=c1/cc(-c2ccc3ccccc3c2)ccc1=C. The van der Waals surface area contributed by atoms with E-state index in [2.05, 4.69) is 160 Å². The second-order valence-electron chi connectivity index (χ2n) is 11.2. The average molecular weight is 561 g/mol. The van der Waals surface area contributed by atoms with Gasteiger partial charge in [-0.05, 0) is 105 Å². The molecule has 0 aliphatic carbocycles. The molecular weight excluding hydrogens is 528 g/mol.